The maximum Gasteiger partial charge on any atom is 0.262 e. The van der Waals surface area contributed by atoms with Crippen molar-refractivity contribution in [1.29, 1.82) is 0 Å². The molecule has 0 fully saturated rings. The van der Waals surface area contributed by atoms with Crippen molar-refractivity contribution in [3.05, 3.63) is 45.6 Å². The lowest BCUT2D eigenvalue weighted by atomic mass is 10.1. The van der Waals surface area contributed by atoms with Gasteiger partial charge in [0.2, 0.25) is 5.92 Å². The second kappa shape index (κ2) is 5.94. The lowest BCUT2D eigenvalue weighted by molar-refractivity contribution is 0.0128. The number of hydrogen-bond acceptors (Lipinski definition) is 4. The molecule has 3 aromatic rings. The molecule has 132 valence electrons. The van der Waals surface area contributed by atoms with Crippen molar-refractivity contribution in [1.82, 2.24) is 19.7 Å². The van der Waals surface area contributed by atoms with E-state index in [1.54, 1.807) is 6.07 Å². The number of aryl methyl sites for hydroxylation is 3. The number of phenols is 1. The fraction of sp³-hybridized carbons (Fsp3) is 0.353. The van der Waals surface area contributed by atoms with E-state index < -0.39 is 17.9 Å². The Labute approximate surface area is 142 Å². The van der Waals surface area contributed by atoms with Gasteiger partial charge in [0.15, 0.2) is 5.65 Å². The van der Waals surface area contributed by atoms with Gasteiger partial charge in [0, 0.05) is 19.0 Å². The van der Waals surface area contributed by atoms with Crippen LogP contribution in [0, 0.1) is 13.8 Å². The van der Waals surface area contributed by atoms with Crippen LogP contribution in [0.25, 0.3) is 16.7 Å². The van der Waals surface area contributed by atoms with Crippen LogP contribution in [0.2, 0.25) is 0 Å². The molecule has 0 bridgehead atoms. The number of H-pyrrole nitrogens is 1. The topological polar surface area (TPSA) is 83.8 Å². The monoisotopic (exact) mass is 348 g/mol. The van der Waals surface area contributed by atoms with Crippen molar-refractivity contribution >= 4 is 11.0 Å². The summed E-state index contributed by atoms with van der Waals surface area (Å²) in [5, 5.41) is 14.7. The molecule has 6 nitrogen and oxygen atoms in total. The maximum absolute atomic E-state index is 13.0. The number of hydrogen-bond donors (Lipinski definition) is 2. The third-order valence-corrected chi connectivity index (χ3v) is 3.89. The molecule has 0 amide bonds. The molecule has 25 heavy (non-hydrogen) atoms. The van der Waals surface area contributed by atoms with Gasteiger partial charge in [-0.2, -0.15) is 0 Å². The minimum absolute atomic E-state index is 0.0348. The van der Waals surface area contributed by atoms with E-state index in [0.717, 1.165) is 18.1 Å². The van der Waals surface area contributed by atoms with Crippen molar-refractivity contribution in [2.75, 3.05) is 0 Å². The van der Waals surface area contributed by atoms with Gasteiger partial charge < -0.3 is 10.1 Å². The first-order valence-corrected chi connectivity index (χ1v) is 7.81. The van der Waals surface area contributed by atoms with Crippen LogP contribution in [0.1, 0.15) is 30.3 Å². The summed E-state index contributed by atoms with van der Waals surface area (Å²) in [5.41, 5.74) is 1.83. The first kappa shape index (κ1) is 17.1. The Morgan fingerprint density at radius 2 is 2.04 bits per heavy atom. The number of aromatic amines is 1. The fourth-order valence-corrected chi connectivity index (χ4v) is 2.77. The van der Waals surface area contributed by atoms with Gasteiger partial charge in [-0.3, -0.25) is 4.79 Å². The maximum atomic E-state index is 13.0. The van der Waals surface area contributed by atoms with Gasteiger partial charge in [0.05, 0.1) is 0 Å². The summed E-state index contributed by atoms with van der Waals surface area (Å²) in [4.78, 5) is 18.9. The molecule has 0 radical (unpaired) electrons. The summed E-state index contributed by atoms with van der Waals surface area (Å²) in [7, 11) is 0. The molecule has 2 N–H and O–H groups in total. The summed E-state index contributed by atoms with van der Waals surface area (Å²) in [6.45, 7) is 4.50. The molecular formula is C17H18F2N4O2. The van der Waals surface area contributed by atoms with Crippen molar-refractivity contribution in [3.63, 3.8) is 0 Å². The van der Waals surface area contributed by atoms with Crippen molar-refractivity contribution < 1.29 is 13.9 Å². The third-order valence-electron chi connectivity index (χ3n) is 3.89. The van der Waals surface area contributed by atoms with Crippen LogP contribution in [-0.4, -0.2) is 30.8 Å². The Bertz CT molecular complexity index is 979. The van der Waals surface area contributed by atoms with Crippen LogP contribution in [0.4, 0.5) is 8.78 Å². The molecule has 0 unspecified atom stereocenters. The van der Waals surface area contributed by atoms with Crippen LogP contribution in [0.5, 0.6) is 5.75 Å². The van der Waals surface area contributed by atoms with Gasteiger partial charge in [-0.25, -0.2) is 18.4 Å². The molecule has 0 saturated heterocycles. The van der Waals surface area contributed by atoms with E-state index in [0.29, 0.717) is 5.69 Å². The summed E-state index contributed by atoms with van der Waals surface area (Å²) >= 11 is 0. The second-order valence-corrected chi connectivity index (χ2v) is 6.34. The average Bonchev–Trinajstić information content (AvgIpc) is 2.87. The van der Waals surface area contributed by atoms with Crippen LogP contribution in [0.3, 0.4) is 0 Å². The number of halogens is 2. The number of aromatic nitrogens is 4. The molecule has 0 atom stereocenters. The number of aromatic hydroxyl groups is 1. The normalized spacial score (nSPS) is 12.0. The van der Waals surface area contributed by atoms with Gasteiger partial charge in [0.25, 0.3) is 5.56 Å². The third kappa shape index (κ3) is 3.52. The van der Waals surface area contributed by atoms with E-state index in [2.05, 4.69) is 15.1 Å². The summed E-state index contributed by atoms with van der Waals surface area (Å²) in [5.74, 6) is -2.64. The minimum Gasteiger partial charge on any atom is -0.506 e. The Balaban J connectivity index is 2.06. The molecule has 2 heterocycles. The predicted octanol–water partition coefficient (Wildman–Crippen LogP) is 3.02. The molecule has 0 saturated carbocycles. The van der Waals surface area contributed by atoms with Crippen molar-refractivity contribution in [2.24, 2.45) is 0 Å². The summed E-state index contributed by atoms with van der Waals surface area (Å²) < 4.78 is 27.4. The Kier molecular flexibility index (Phi) is 4.06. The van der Waals surface area contributed by atoms with Crippen LogP contribution in [0.15, 0.2) is 23.1 Å². The molecule has 0 aliphatic carbocycles. The van der Waals surface area contributed by atoms with Gasteiger partial charge in [0.1, 0.15) is 22.6 Å². The van der Waals surface area contributed by atoms with E-state index in [9.17, 15) is 18.7 Å². The Morgan fingerprint density at radius 3 is 2.68 bits per heavy atom. The van der Waals surface area contributed by atoms with Gasteiger partial charge >= 0.3 is 0 Å². The predicted molar refractivity (Wildman–Crippen MR) is 89.6 cm³/mol. The summed E-state index contributed by atoms with van der Waals surface area (Å²) in [6.07, 6.45) is 0.993. The first-order valence-electron chi connectivity index (χ1n) is 7.81. The largest absolute Gasteiger partial charge is 0.506 e. The number of rotatable bonds is 4. The van der Waals surface area contributed by atoms with Gasteiger partial charge in [-0.05, 0) is 38.0 Å². The minimum atomic E-state index is -2.84. The second-order valence-electron chi connectivity index (χ2n) is 6.34. The van der Waals surface area contributed by atoms with Crippen LogP contribution < -0.4 is 5.56 Å². The molecule has 0 aliphatic heterocycles. The quantitative estimate of drug-likeness (QED) is 0.759. The highest BCUT2D eigenvalue weighted by Crippen LogP contribution is 2.27. The molecule has 1 aromatic carbocycles. The smallest absolute Gasteiger partial charge is 0.262 e. The number of phenolic OH excluding ortho intramolecular Hbond substituents is 1. The fourth-order valence-electron chi connectivity index (χ4n) is 2.77. The van der Waals surface area contributed by atoms with Gasteiger partial charge in [-0.15, -0.1) is 5.10 Å². The molecule has 0 aliphatic rings. The number of nitrogens with one attached hydrogen (secondary N) is 1. The number of alkyl halides is 2. The zero-order valence-electron chi connectivity index (χ0n) is 14.1. The number of fused-ring (bicyclic) bond motifs is 1. The molecule has 2 aromatic heterocycles. The molecule has 0 spiro atoms. The van der Waals surface area contributed by atoms with E-state index in [1.807, 2.05) is 19.9 Å². The van der Waals surface area contributed by atoms with Crippen LogP contribution >= 0.6 is 0 Å². The number of nitrogens with zero attached hydrogens (tertiary/aromatic N) is 3. The average molecular weight is 348 g/mol. The Hall–Kier alpha value is -2.77. The highest BCUT2D eigenvalue weighted by molar-refractivity contribution is 5.74. The zero-order valence-corrected chi connectivity index (χ0v) is 14.1. The van der Waals surface area contributed by atoms with Crippen molar-refractivity contribution in [2.45, 2.75) is 39.5 Å². The number of benzene rings is 1. The summed E-state index contributed by atoms with van der Waals surface area (Å²) in [6, 6.07) is 3.48. The molecular weight excluding hydrogens is 330 g/mol. The van der Waals surface area contributed by atoms with E-state index in [4.69, 9.17) is 0 Å². The lowest BCUT2D eigenvalue weighted by Gasteiger charge is -2.09. The molecule has 8 heteroatoms. The van der Waals surface area contributed by atoms with E-state index >= 15 is 0 Å². The van der Waals surface area contributed by atoms with Crippen molar-refractivity contribution in [3.8, 4) is 11.4 Å². The van der Waals surface area contributed by atoms with E-state index in [1.165, 1.54) is 10.9 Å². The lowest BCUT2D eigenvalue weighted by Crippen LogP contribution is -2.15. The molecule has 3 rings (SSSR count). The highest BCUT2D eigenvalue weighted by Gasteiger charge is 2.22. The first-order chi connectivity index (χ1) is 11.6. The zero-order chi connectivity index (χ0) is 18.4. The standard InChI is InChI=1S/C17H18F2N4O2/c1-9-6-10(2)14(12(24)7-9)23-8-11-15(22-23)20-13(21-16(11)25)4-5-17(3,18)19/h6-8,24H,4-5H2,1-3H3,(H,20,21,22,25). The van der Waals surface area contributed by atoms with E-state index in [-0.39, 0.29) is 29.0 Å². The highest BCUT2D eigenvalue weighted by atomic mass is 19.3. The Morgan fingerprint density at radius 1 is 1.32 bits per heavy atom. The van der Waals surface area contributed by atoms with Crippen LogP contribution in [-0.2, 0) is 6.42 Å². The van der Waals surface area contributed by atoms with Gasteiger partial charge in [-0.1, -0.05) is 6.07 Å². The SMILES string of the molecule is Cc1cc(C)c(-n2cc3c(=O)[nH]c(CCC(C)(F)F)nc3n2)c(O)c1.